The van der Waals surface area contributed by atoms with E-state index in [0.717, 1.165) is 63.2 Å². The molecule has 1 fully saturated rings. The Morgan fingerprint density at radius 1 is 0.504 bits per heavy atom. The van der Waals surface area contributed by atoms with E-state index in [-0.39, 0.29) is 99.8 Å². The highest BCUT2D eigenvalue weighted by Gasteiger charge is 2.44. The second kappa shape index (κ2) is 34.1. The molecule has 0 unspecified atom stereocenters. The van der Waals surface area contributed by atoms with Crippen LogP contribution in [0.1, 0.15) is 27.2 Å². The number of ether oxygens (including phenoxy) is 1. The predicted molar refractivity (Wildman–Crippen MR) is 447 cm³/mol. The number of anilines is 5. The SMILES string of the molecule is CNC(=O)[C@H](C)Cn1cnc2ccc(-c3cnc(N(C)C)c(N(CNC(=O)[C@H](C)Cn4cnc5ccc(-c6cnc(N(C)C)c(N(C[C@H]7C[C@@H]7NC(=O)[C@@H](C)Cn7cnc8ccc(-c9cnc(OC)c(NS(=O)(=O)c%10ccc(F)cc%10Cl)c9)cc8c7=O)S(=O)(=O)c7ccc(F)cc7Cl)c6)cc5c4=O)S(=O)(=O)c4ccc(F)cc4Cl)c3)cc2c1=O. The molecule has 39 heteroatoms. The first-order chi connectivity index (χ1) is 56.4. The Kier molecular flexibility index (Phi) is 24.3. The number of carbonyl (C=O) groups excluding carboxylic acids is 3. The Labute approximate surface area is 694 Å². The maximum atomic E-state index is 15.3. The molecule has 30 nitrogen and oxygen atoms in total. The number of carbonyl (C=O) groups is 3. The van der Waals surface area contributed by atoms with Gasteiger partial charge < -0.3 is 30.5 Å². The van der Waals surface area contributed by atoms with Crippen LogP contribution in [-0.2, 0) is 64.1 Å². The van der Waals surface area contributed by atoms with Crippen molar-refractivity contribution in [3.63, 3.8) is 0 Å². The molecule has 3 amide bonds. The first-order valence-corrected chi connectivity index (χ1v) is 42.0. The third-order valence-electron chi connectivity index (χ3n) is 20.0. The molecular weight excluding hydrogens is 1670 g/mol. The minimum absolute atomic E-state index is 0.0179. The number of nitrogens with one attached hydrogen (secondary N) is 4. The van der Waals surface area contributed by atoms with Crippen molar-refractivity contribution in [1.29, 1.82) is 0 Å². The molecule has 6 heterocycles. The van der Waals surface area contributed by atoms with E-state index in [1.165, 1.54) is 102 Å². The maximum absolute atomic E-state index is 15.3. The Balaban J connectivity index is 0.740. The molecule has 119 heavy (non-hydrogen) atoms. The monoisotopic (exact) mass is 1740 g/mol. The molecule has 6 aromatic heterocycles. The van der Waals surface area contributed by atoms with Gasteiger partial charge in [-0.15, -0.1) is 0 Å². The number of pyridine rings is 3. The Morgan fingerprint density at radius 2 is 0.899 bits per heavy atom. The molecule has 12 aromatic rings. The van der Waals surface area contributed by atoms with Crippen LogP contribution in [0.5, 0.6) is 5.88 Å². The lowest BCUT2D eigenvalue weighted by atomic mass is 10.0. The summed E-state index contributed by atoms with van der Waals surface area (Å²) in [6, 6.07) is 26.5. The van der Waals surface area contributed by atoms with Crippen LogP contribution in [0.2, 0.25) is 15.1 Å². The predicted octanol–water partition coefficient (Wildman–Crippen LogP) is 10.3. The Bertz CT molecular complexity index is 6670. The fourth-order valence-electron chi connectivity index (χ4n) is 13.5. The molecule has 618 valence electrons. The molecule has 0 radical (unpaired) electrons. The average molecular weight is 1740 g/mol. The van der Waals surface area contributed by atoms with Crippen molar-refractivity contribution >= 4 is 144 Å². The van der Waals surface area contributed by atoms with Gasteiger partial charge in [-0.05, 0) is 138 Å². The van der Waals surface area contributed by atoms with Crippen molar-refractivity contribution in [2.75, 3.05) is 78.7 Å². The molecule has 1 aliphatic rings. The van der Waals surface area contributed by atoms with E-state index < -0.39 is 137 Å². The number of methoxy groups -OCH3 is 1. The zero-order chi connectivity index (χ0) is 85.6. The summed E-state index contributed by atoms with van der Waals surface area (Å²) in [5.74, 6) is -6.87. The topological polar surface area (TPSA) is 367 Å². The van der Waals surface area contributed by atoms with Gasteiger partial charge in [0.15, 0.2) is 11.6 Å². The fourth-order valence-corrected chi connectivity index (χ4v) is 19.0. The van der Waals surface area contributed by atoms with Gasteiger partial charge in [0.2, 0.25) is 23.6 Å². The quantitative estimate of drug-likeness (QED) is 0.0316. The molecule has 6 aromatic carbocycles. The highest BCUT2D eigenvalue weighted by molar-refractivity contribution is 7.93. The van der Waals surface area contributed by atoms with Crippen LogP contribution in [0, 0.1) is 41.1 Å². The molecule has 13 rings (SSSR count). The number of aromatic nitrogens is 9. The fraction of sp³-hybridized carbons (Fsp3) is 0.250. The summed E-state index contributed by atoms with van der Waals surface area (Å²) in [6.45, 7) is 3.25. The zero-order valence-electron chi connectivity index (χ0n) is 64.8. The van der Waals surface area contributed by atoms with Crippen LogP contribution in [0.15, 0.2) is 194 Å². The van der Waals surface area contributed by atoms with Gasteiger partial charge in [-0.3, -0.25) is 51.5 Å². The second-order valence-corrected chi connectivity index (χ2v) is 35.4. The average Bonchev–Trinajstić information content (AvgIpc) is 1.75. The standard InChI is InChI=1S/C80H75Cl3F3N17O13S3/c1-43(74(104)87-4)35-99-39-91-63-18-12-48(24-57(63)78(99)107)51-28-68(73(89-33-51)98(7)8)103(119(114,115)71-21-15-55(86)31-61(71)83)42-94-75(105)44(2)36-100-40-92-64-17-11-47(23-58(64)79(100)108)50-27-67(72(88-32-50)97(5)6)102(118(112,113)70-20-14-54(85)30-60(70)82)38-52-26-65(52)95-76(106)45(3)37-101-41-93-62-16-10-46(22-56(62)80(101)109)49-25-66(77(116-9)90-34-49)96-117(110,111)69-19-13-53(84)29-59(69)81/h10-25,27-34,39-41,43-45,52,65,96H,26,35-38,42H2,1-9H3,(H,87,104)(H,94,105)(H,95,106)/t43-,44-,45+,52-,65+/m1/s1. The number of nitrogens with zero attached hydrogens (tertiary/aromatic N) is 13. The van der Waals surface area contributed by atoms with Crippen LogP contribution in [0.3, 0.4) is 0 Å². The number of rotatable bonds is 29. The summed E-state index contributed by atoms with van der Waals surface area (Å²) in [7, 11) is -4.75. The summed E-state index contributed by atoms with van der Waals surface area (Å²) >= 11 is 19.1. The van der Waals surface area contributed by atoms with Gasteiger partial charge in [0.1, 0.15) is 44.5 Å². The molecule has 0 aliphatic heterocycles. The number of hydrogen-bond donors (Lipinski definition) is 4. The molecule has 0 spiro atoms. The summed E-state index contributed by atoms with van der Waals surface area (Å²) < 4.78 is 144. The van der Waals surface area contributed by atoms with Crippen LogP contribution in [0.25, 0.3) is 66.1 Å². The minimum atomic E-state index is -4.85. The molecular formula is C80H75Cl3F3N17O13S3. The van der Waals surface area contributed by atoms with Gasteiger partial charge in [0, 0.05) is 103 Å². The van der Waals surface area contributed by atoms with E-state index in [0.29, 0.717) is 44.4 Å². The largest absolute Gasteiger partial charge is 0.480 e. The summed E-state index contributed by atoms with van der Waals surface area (Å²) in [4.78, 5) is 113. The van der Waals surface area contributed by atoms with Crippen molar-refractivity contribution in [2.24, 2.45) is 23.7 Å². The van der Waals surface area contributed by atoms with E-state index in [1.54, 1.807) is 95.5 Å². The Hall–Kier alpha value is -12.1. The van der Waals surface area contributed by atoms with Crippen LogP contribution < -0.4 is 60.5 Å². The normalized spacial score (nSPS) is 14.3. The number of hydrogen-bond acceptors (Lipinski definition) is 21. The Morgan fingerprint density at radius 3 is 1.32 bits per heavy atom. The highest BCUT2D eigenvalue weighted by atomic mass is 35.5. The highest BCUT2D eigenvalue weighted by Crippen LogP contribution is 2.43. The van der Waals surface area contributed by atoms with Crippen molar-refractivity contribution < 1.29 is 57.5 Å². The molecule has 1 saturated carbocycles. The number of benzene rings is 6. The third kappa shape index (κ3) is 17.7. The number of amides is 3. The van der Waals surface area contributed by atoms with Crippen molar-refractivity contribution in [2.45, 2.75) is 67.6 Å². The van der Waals surface area contributed by atoms with E-state index in [1.807, 2.05) is 0 Å². The van der Waals surface area contributed by atoms with Crippen molar-refractivity contribution in [3.8, 4) is 39.3 Å². The lowest BCUT2D eigenvalue weighted by Crippen LogP contribution is -2.44. The van der Waals surface area contributed by atoms with E-state index in [4.69, 9.17) is 44.5 Å². The lowest BCUT2D eigenvalue weighted by molar-refractivity contribution is -0.125. The zero-order valence-corrected chi connectivity index (χ0v) is 69.5. The summed E-state index contributed by atoms with van der Waals surface area (Å²) in [5, 5.41) is 7.36. The van der Waals surface area contributed by atoms with Gasteiger partial charge in [-0.1, -0.05) is 73.8 Å². The maximum Gasteiger partial charge on any atom is 0.267 e. The summed E-state index contributed by atoms with van der Waals surface area (Å²) in [5.41, 5.74) is 1.26. The van der Waals surface area contributed by atoms with Crippen molar-refractivity contribution in [3.05, 3.63) is 229 Å². The second-order valence-electron chi connectivity index (χ2n) is 28.9. The molecule has 0 saturated heterocycles. The van der Waals surface area contributed by atoms with Gasteiger partial charge in [0.25, 0.3) is 46.7 Å². The van der Waals surface area contributed by atoms with Crippen LogP contribution in [-0.4, -0.2) is 148 Å². The van der Waals surface area contributed by atoms with Gasteiger partial charge in [-0.25, -0.2) is 72.6 Å². The van der Waals surface area contributed by atoms with Crippen molar-refractivity contribution in [1.82, 2.24) is 59.6 Å². The minimum Gasteiger partial charge on any atom is -0.480 e. The number of halogens is 6. The molecule has 1 aliphatic carbocycles. The molecule has 5 atom stereocenters. The van der Waals surface area contributed by atoms with E-state index in [2.05, 4.69) is 45.6 Å². The van der Waals surface area contributed by atoms with E-state index >= 15 is 16.8 Å². The van der Waals surface area contributed by atoms with Gasteiger partial charge in [-0.2, -0.15) is 0 Å². The molecule has 0 bridgehead atoms. The smallest absolute Gasteiger partial charge is 0.267 e. The van der Waals surface area contributed by atoms with Crippen LogP contribution in [0.4, 0.5) is 41.9 Å². The van der Waals surface area contributed by atoms with Gasteiger partial charge >= 0.3 is 0 Å². The first kappa shape index (κ1) is 84.8. The van der Waals surface area contributed by atoms with E-state index in [9.17, 15) is 50.4 Å². The first-order valence-electron chi connectivity index (χ1n) is 36.6. The lowest BCUT2D eigenvalue weighted by Gasteiger charge is -2.29. The number of fused-ring (bicyclic) bond motifs is 3. The summed E-state index contributed by atoms with van der Waals surface area (Å²) in [6.07, 6.45) is 8.48. The molecule has 4 N–H and O–H groups in total. The number of sulfonamides is 3. The third-order valence-corrected chi connectivity index (χ3v) is 26.3. The van der Waals surface area contributed by atoms with Crippen LogP contribution >= 0.6 is 34.8 Å². The van der Waals surface area contributed by atoms with Gasteiger partial charge in [0.05, 0.1) is 103 Å².